The van der Waals surface area contributed by atoms with Crippen molar-refractivity contribution in [2.45, 2.75) is 6.42 Å². The number of amides is 1. The fourth-order valence-corrected chi connectivity index (χ4v) is 1.97. The number of rotatable bonds is 5. The minimum absolute atomic E-state index is 0.475. The first kappa shape index (κ1) is 15.8. The van der Waals surface area contributed by atoms with Gasteiger partial charge in [0.2, 0.25) is 0 Å². The number of carbonyl (C=O) groups excluding carboxylic acids is 1. The molecule has 0 saturated heterocycles. The third-order valence-corrected chi connectivity index (χ3v) is 3.02. The van der Waals surface area contributed by atoms with Gasteiger partial charge in [-0.25, -0.2) is 4.79 Å². The van der Waals surface area contributed by atoms with Gasteiger partial charge >= 0.3 is 6.09 Å². The molecule has 0 radical (unpaired) electrons. The molecule has 1 heterocycles. The number of methoxy groups -OCH3 is 1. The van der Waals surface area contributed by atoms with E-state index < -0.39 is 6.09 Å². The van der Waals surface area contributed by atoms with Gasteiger partial charge in [0.05, 0.1) is 19.9 Å². The molecule has 1 aromatic rings. The van der Waals surface area contributed by atoms with Crippen molar-refractivity contribution >= 4 is 18.0 Å². The van der Waals surface area contributed by atoms with Gasteiger partial charge in [-0.3, -0.25) is 5.32 Å². The van der Waals surface area contributed by atoms with Crippen LogP contribution >= 0.6 is 0 Å². The Balaban J connectivity index is 1.84. The molecule has 1 aliphatic rings. The maximum Gasteiger partial charge on any atom is 0.430 e. The second kappa shape index (κ2) is 8.04. The molecule has 22 heavy (non-hydrogen) atoms. The first-order valence-corrected chi connectivity index (χ1v) is 6.85. The highest BCUT2D eigenvalue weighted by Crippen LogP contribution is 2.16. The molecule has 0 aliphatic carbocycles. The fourth-order valence-electron chi connectivity index (χ4n) is 1.97. The summed E-state index contributed by atoms with van der Waals surface area (Å²) in [4.78, 5) is 21.8. The molecule has 1 aliphatic heterocycles. The number of nitrogens with zero attached hydrogens (tertiary/aromatic N) is 2. The predicted octanol–water partition coefficient (Wildman–Crippen LogP) is 2.42. The SMILES string of the molecule is CO/N=C/C1=CCCN(OC(=O)Nc2ccc(OC)cc2)C1. The van der Waals surface area contributed by atoms with Crippen LogP contribution in [0.25, 0.3) is 0 Å². The molecular weight excluding hydrogens is 286 g/mol. The minimum atomic E-state index is -0.532. The Morgan fingerprint density at radius 2 is 2.09 bits per heavy atom. The first-order chi connectivity index (χ1) is 10.7. The summed E-state index contributed by atoms with van der Waals surface area (Å²) in [5, 5.41) is 7.95. The third-order valence-electron chi connectivity index (χ3n) is 3.02. The van der Waals surface area contributed by atoms with Crippen LogP contribution in [0.3, 0.4) is 0 Å². The van der Waals surface area contributed by atoms with E-state index in [9.17, 15) is 4.79 Å². The zero-order chi connectivity index (χ0) is 15.8. The highest BCUT2D eigenvalue weighted by molar-refractivity contribution is 5.84. The Morgan fingerprint density at radius 3 is 2.77 bits per heavy atom. The molecule has 0 fully saturated rings. The van der Waals surface area contributed by atoms with Gasteiger partial charge in [0.15, 0.2) is 0 Å². The van der Waals surface area contributed by atoms with Crippen LogP contribution in [0.5, 0.6) is 5.75 Å². The summed E-state index contributed by atoms with van der Waals surface area (Å²) in [6.45, 7) is 1.11. The molecule has 0 bridgehead atoms. The van der Waals surface area contributed by atoms with E-state index in [1.807, 2.05) is 6.08 Å². The lowest BCUT2D eigenvalue weighted by molar-refractivity contribution is -0.0872. The second-order valence-electron chi connectivity index (χ2n) is 4.58. The number of hydrogen-bond acceptors (Lipinski definition) is 6. The lowest BCUT2D eigenvalue weighted by atomic mass is 10.2. The van der Waals surface area contributed by atoms with Crippen LogP contribution in [-0.4, -0.2) is 44.7 Å². The number of benzene rings is 1. The van der Waals surface area contributed by atoms with E-state index >= 15 is 0 Å². The lowest BCUT2D eigenvalue weighted by Crippen LogP contribution is -2.34. The molecule has 0 atom stereocenters. The Bertz CT molecular complexity index is 554. The summed E-state index contributed by atoms with van der Waals surface area (Å²) < 4.78 is 5.06. The minimum Gasteiger partial charge on any atom is -0.497 e. The van der Waals surface area contributed by atoms with E-state index in [1.165, 1.54) is 7.11 Å². The highest BCUT2D eigenvalue weighted by Gasteiger charge is 2.16. The summed E-state index contributed by atoms with van der Waals surface area (Å²) in [5.74, 6) is 0.724. The Hall–Kier alpha value is -2.54. The van der Waals surface area contributed by atoms with Gasteiger partial charge in [-0.1, -0.05) is 11.2 Å². The number of anilines is 1. The van der Waals surface area contributed by atoms with Crippen molar-refractivity contribution in [1.29, 1.82) is 0 Å². The van der Waals surface area contributed by atoms with Crippen LogP contribution < -0.4 is 10.1 Å². The van der Waals surface area contributed by atoms with Crippen LogP contribution in [0.1, 0.15) is 6.42 Å². The van der Waals surface area contributed by atoms with Crippen molar-refractivity contribution in [1.82, 2.24) is 5.06 Å². The summed E-state index contributed by atoms with van der Waals surface area (Å²) in [5.41, 5.74) is 1.57. The predicted molar refractivity (Wildman–Crippen MR) is 82.9 cm³/mol. The van der Waals surface area contributed by atoms with Crippen LogP contribution in [0.15, 0.2) is 41.1 Å². The van der Waals surface area contributed by atoms with E-state index in [4.69, 9.17) is 9.57 Å². The van der Waals surface area contributed by atoms with Crippen molar-refractivity contribution in [3.8, 4) is 5.75 Å². The van der Waals surface area contributed by atoms with E-state index in [2.05, 4.69) is 15.3 Å². The van der Waals surface area contributed by atoms with Crippen LogP contribution in [0, 0.1) is 0 Å². The quantitative estimate of drug-likeness (QED) is 0.668. The zero-order valence-electron chi connectivity index (χ0n) is 12.6. The lowest BCUT2D eigenvalue weighted by Gasteiger charge is -2.24. The summed E-state index contributed by atoms with van der Waals surface area (Å²) in [6.07, 6.45) is 3.89. The molecule has 0 saturated carbocycles. The molecular formula is C15H19N3O4. The average Bonchev–Trinajstić information content (AvgIpc) is 2.54. The summed E-state index contributed by atoms with van der Waals surface area (Å²) >= 11 is 0. The number of carbonyl (C=O) groups is 1. The Labute approximate surface area is 129 Å². The van der Waals surface area contributed by atoms with Crippen molar-refractivity contribution < 1.29 is 19.2 Å². The van der Waals surface area contributed by atoms with E-state index in [0.29, 0.717) is 18.8 Å². The average molecular weight is 305 g/mol. The smallest absolute Gasteiger partial charge is 0.430 e. The maximum absolute atomic E-state index is 11.9. The molecule has 2 rings (SSSR count). The molecule has 118 valence electrons. The molecule has 1 aromatic carbocycles. The van der Waals surface area contributed by atoms with E-state index in [-0.39, 0.29) is 0 Å². The van der Waals surface area contributed by atoms with Gasteiger partial charge in [-0.15, -0.1) is 5.06 Å². The van der Waals surface area contributed by atoms with E-state index in [1.54, 1.807) is 42.7 Å². The molecule has 0 aromatic heterocycles. The molecule has 7 nitrogen and oxygen atoms in total. The van der Waals surface area contributed by atoms with Gasteiger partial charge < -0.3 is 14.4 Å². The van der Waals surface area contributed by atoms with Gasteiger partial charge in [-0.2, -0.15) is 0 Å². The summed E-state index contributed by atoms with van der Waals surface area (Å²) in [7, 11) is 3.07. The standard InChI is InChI=1S/C15H19N3O4/c1-20-14-7-5-13(6-8-14)17-15(19)22-18-9-3-4-12(11-18)10-16-21-2/h4-8,10H,3,9,11H2,1-2H3,(H,17,19)/b16-10+. The zero-order valence-corrected chi connectivity index (χ0v) is 12.6. The highest BCUT2D eigenvalue weighted by atomic mass is 16.7. The topological polar surface area (TPSA) is 72.4 Å². The van der Waals surface area contributed by atoms with Crippen molar-refractivity contribution in [2.24, 2.45) is 5.16 Å². The molecule has 0 unspecified atom stereocenters. The number of ether oxygens (including phenoxy) is 1. The number of oxime groups is 1. The Morgan fingerprint density at radius 1 is 1.32 bits per heavy atom. The first-order valence-electron chi connectivity index (χ1n) is 6.85. The van der Waals surface area contributed by atoms with Gasteiger partial charge in [0, 0.05) is 12.2 Å². The van der Waals surface area contributed by atoms with Crippen molar-refractivity contribution in [3.05, 3.63) is 35.9 Å². The van der Waals surface area contributed by atoms with Gasteiger partial charge in [0.25, 0.3) is 0 Å². The van der Waals surface area contributed by atoms with Crippen LogP contribution in [0.4, 0.5) is 10.5 Å². The number of nitrogens with one attached hydrogen (secondary N) is 1. The molecule has 7 heteroatoms. The summed E-state index contributed by atoms with van der Waals surface area (Å²) in [6, 6.07) is 7.01. The Kier molecular flexibility index (Phi) is 5.79. The second-order valence-corrected chi connectivity index (χ2v) is 4.58. The molecule has 1 amide bonds. The molecule has 0 spiro atoms. The van der Waals surface area contributed by atoms with E-state index in [0.717, 1.165) is 17.7 Å². The maximum atomic E-state index is 11.9. The van der Waals surface area contributed by atoms with Crippen molar-refractivity contribution in [3.63, 3.8) is 0 Å². The normalized spacial score (nSPS) is 15.3. The monoisotopic (exact) mass is 305 g/mol. The van der Waals surface area contributed by atoms with Crippen molar-refractivity contribution in [2.75, 3.05) is 32.6 Å². The van der Waals surface area contributed by atoms with Crippen LogP contribution in [-0.2, 0) is 9.68 Å². The largest absolute Gasteiger partial charge is 0.497 e. The van der Waals surface area contributed by atoms with Gasteiger partial charge in [0.1, 0.15) is 12.9 Å². The van der Waals surface area contributed by atoms with Crippen LogP contribution in [0.2, 0.25) is 0 Å². The number of hydroxylamine groups is 2. The number of hydrogen-bond donors (Lipinski definition) is 1. The fraction of sp³-hybridized carbons (Fsp3) is 0.333. The van der Waals surface area contributed by atoms with Gasteiger partial charge in [-0.05, 0) is 36.3 Å². The molecule has 1 N–H and O–H groups in total. The third kappa shape index (κ3) is 4.78.